The van der Waals surface area contributed by atoms with Gasteiger partial charge in [-0.1, -0.05) is 30.3 Å². The second-order valence-corrected chi connectivity index (χ2v) is 5.00. The summed E-state index contributed by atoms with van der Waals surface area (Å²) in [6.07, 6.45) is -2.83. The molecule has 0 spiro atoms. The van der Waals surface area contributed by atoms with Crippen molar-refractivity contribution in [1.82, 2.24) is 9.78 Å². The molecule has 2 aromatic carbocycles. The number of ether oxygens (including phenoxy) is 1. The van der Waals surface area contributed by atoms with Crippen LogP contribution in [0.15, 0.2) is 54.6 Å². The van der Waals surface area contributed by atoms with Crippen molar-refractivity contribution in [3.05, 3.63) is 65.9 Å². The Bertz CT molecular complexity index is 881. The molecule has 3 rings (SSSR count). The molecule has 0 aliphatic heterocycles. The highest BCUT2D eigenvalue weighted by atomic mass is 19.3. The number of nitriles is 1. The highest BCUT2D eigenvalue weighted by Crippen LogP contribution is 2.33. The van der Waals surface area contributed by atoms with Gasteiger partial charge in [-0.05, 0) is 24.3 Å². The Hall–Kier alpha value is -3.20. The third kappa shape index (κ3) is 2.72. The summed E-state index contributed by atoms with van der Waals surface area (Å²) in [7, 11) is 1.54. The summed E-state index contributed by atoms with van der Waals surface area (Å²) in [5.74, 6) is 0.641. The predicted molar refractivity (Wildman–Crippen MR) is 85.2 cm³/mol. The number of benzene rings is 2. The molecule has 120 valence electrons. The van der Waals surface area contributed by atoms with Gasteiger partial charge in [0.1, 0.15) is 23.1 Å². The van der Waals surface area contributed by atoms with E-state index in [1.165, 1.54) is 4.68 Å². The Morgan fingerprint density at radius 1 is 1.08 bits per heavy atom. The Balaban J connectivity index is 2.26. The molecule has 3 aromatic rings. The average Bonchev–Trinajstić information content (AvgIpc) is 3.02. The molecule has 0 radical (unpaired) electrons. The molecule has 0 saturated heterocycles. The number of alkyl halides is 2. The van der Waals surface area contributed by atoms with Gasteiger partial charge in [0.05, 0.1) is 18.5 Å². The average molecular weight is 325 g/mol. The van der Waals surface area contributed by atoms with Crippen LogP contribution in [-0.2, 0) is 0 Å². The summed E-state index contributed by atoms with van der Waals surface area (Å²) in [6.45, 7) is 0. The van der Waals surface area contributed by atoms with Crippen molar-refractivity contribution in [2.24, 2.45) is 0 Å². The standard InChI is InChI=1S/C18H13F2N3O/c1-24-14-9-7-13(8-10-14)23-17(12-5-3-2-4-6-12)15(11-21)16(22-23)18(19)20/h2-10,18H,1H3. The van der Waals surface area contributed by atoms with E-state index < -0.39 is 12.1 Å². The van der Waals surface area contributed by atoms with Crippen LogP contribution in [0.1, 0.15) is 17.7 Å². The maximum atomic E-state index is 13.3. The Morgan fingerprint density at radius 3 is 2.29 bits per heavy atom. The first-order chi connectivity index (χ1) is 11.7. The number of hydrogen-bond acceptors (Lipinski definition) is 3. The maximum Gasteiger partial charge on any atom is 0.283 e. The molecule has 0 amide bonds. The van der Waals surface area contributed by atoms with E-state index in [9.17, 15) is 14.0 Å². The van der Waals surface area contributed by atoms with Crippen LogP contribution in [0.4, 0.5) is 8.78 Å². The van der Waals surface area contributed by atoms with Crippen molar-refractivity contribution in [3.8, 4) is 28.8 Å². The zero-order valence-electron chi connectivity index (χ0n) is 12.8. The van der Waals surface area contributed by atoms with Gasteiger partial charge in [-0.3, -0.25) is 0 Å². The zero-order chi connectivity index (χ0) is 17.1. The van der Waals surface area contributed by atoms with Gasteiger partial charge in [-0.25, -0.2) is 13.5 Å². The van der Waals surface area contributed by atoms with Gasteiger partial charge in [0.2, 0.25) is 0 Å². The SMILES string of the molecule is COc1ccc(-n2nc(C(F)F)c(C#N)c2-c2ccccc2)cc1. The quantitative estimate of drug-likeness (QED) is 0.716. The van der Waals surface area contributed by atoms with Gasteiger partial charge in [0.25, 0.3) is 6.43 Å². The smallest absolute Gasteiger partial charge is 0.283 e. The van der Waals surface area contributed by atoms with Crippen LogP contribution in [-0.4, -0.2) is 16.9 Å². The molecule has 0 bridgehead atoms. The highest BCUT2D eigenvalue weighted by Gasteiger charge is 2.25. The largest absolute Gasteiger partial charge is 0.497 e. The van der Waals surface area contributed by atoms with Crippen molar-refractivity contribution >= 4 is 0 Å². The van der Waals surface area contributed by atoms with Crippen LogP contribution in [0.3, 0.4) is 0 Å². The molecule has 0 unspecified atom stereocenters. The van der Waals surface area contributed by atoms with E-state index in [2.05, 4.69) is 5.10 Å². The normalized spacial score (nSPS) is 10.6. The Kier molecular flexibility index (Phi) is 4.25. The minimum Gasteiger partial charge on any atom is -0.497 e. The van der Waals surface area contributed by atoms with Crippen molar-refractivity contribution in [3.63, 3.8) is 0 Å². The molecule has 1 heterocycles. The van der Waals surface area contributed by atoms with Gasteiger partial charge >= 0.3 is 0 Å². The molecule has 0 fully saturated rings. The molecular weight excluding hydrogens is 312 g/mol. The third-order valence-corrected chi connectivity index (χ3v) is 3.60. The monoisotopic (exact) mass is 325 g/mol. The first-order valence-corrected chi connectivity index (χ1v) is 7.16. The van der Waals surface area contributed by atoms with Crippen LogP contribution in [0, 0.1) is 11.3 Å². The number of halogens is 2. The number of rotatable bonds is 4. The fourth-order valence-electron chi connectivity index (χ4n) is 2.47. The van der Waals surface area contributed by atoms with E-state index in [0.29, 0.717) is 22.7 Å². The second kappa shape index (κ2) is 6.50. The summed E-state index contributed by atoms with van der Waals surface area (Å²) in [5, 5.41) is 13.4. The maximum absolute atomic E-state index is 13.3. The van der Waals surface area contributed by atoms with Gasteiger partial charge < -0.3 is 4.74 Å². The summed E-state index contributed by atoms with van der Waals surface area (Å²) in [4.78, 5) is 0. The predicted octanol–water partition coefficient (Wildman–Crippen LogP) is 4.36. The van der Waals surface area contributed by atoms with Crippen LogP contribution >= 0.6 is 0 Å². The third-order valence-electron chi connectivity index (χ3n) is 3.60. The van der Waals surface area contributed by atoms with Crippen LogP contribution < -0.4 is 4.74 Å². The lowest BCUT2D eigenvalue weighted by Crippen LogP contribution is -2.00. The molecule has 0 aliphatic rings. The van der Waals surface area contributed by atoms with Crippen molar-refractivity contribution in [2.45, 2.75) is 6.43 Å². The van der Waals surface area contributed by atoms with Gasteiger partial charge in [0.15, 0.2) is 0 Å². The van der Waals surface area contributed by atoms with Crippen LogP contribution in [0.25, 0.3) is 16.9 Å². The van der Waals surface area contributed by atoms with E-state index in [-0.39, 0.29) is 5.56 Å². The molecular formula is C18H13F2N3O. The summed E-state index contributed by atoms with van der Waals surface area (Å²) in [5.41, 5.74) is 0.917. The number of hydrogen-bond donors (Lipinski definition) is 0. The lowest BCUT2D eigenvalue weighted by Gasteiger charge is -2.09. The first-order valence-electron chi connectivity index (χ1n) is 7.16. The summed E-state index contributed by atoms with van der Waals surface area (Å²) < 4.78 is 33.1. The number of methoxy groups -OCH3 is 1. The lowest BCUT2D eigenvalue weighted by atomic mass is 10.1. The minimum atomic E-state index is -2.83. The van der Waals surface area contributed by atoms with Crippen molar-refractivity contribution in [1.29, 1.82) is 5.26 Å². The van der Waals surface area contributed by atoms with Gasteiger partial charge in [-0.2, -0.15) is 10.4 Å². The molecule has 0 atom stereocenters. The first kappa shape index (κ1) is 15.7. The summed E-state index contributed by atoms with van der Waals surface area (Å²) >= 11 is 0. The molecule has 0 saturated carbocycles. The number of aromatic nitrogens is 2. The highest BCUT2D eigenvalue weighted by molar-refractivity contribution is 5.70. The molecule has 1 aromatic heterocycles. The van der Waals surface area contributed by atoms with E-state index >= 15 is 0 Å². The Morgan fingerprint density at radius 2 is 1.75 bits per heavy atom. The topological polar surface area (TPSA) is 50.8 Å². The lowest BCUT2D eigenvalue weighted by molar-refractivity contribution is 0.145. The molecule has 0 aliphatic carbocycles. The molecule has 0 N–H and O–H groups in total. The van der Waals surface area contributed by atoms with E-state index in [1.807, 2.05) is 12.1 Å². The van der Waals surface area contributed by atoms with Gasteiger partial charge in [0, 0.05) is 5.56 Å². The van der Waals surface area contributed by atoms with Crippen LogP contribution in [0.5, 0.6) is 5.75 Å². The number of nitrogens with zero attached hydrogens (tertiary/aromatic N) is 3. The molecule has 6 heteroatoms. The molecule has 24 heavy (non-hydrogen) atoms. The zero-order valence-corrected chi connectivity index (χ0v) is 12.8. The second-order valence-electron chi connectivity index (χ2n) is 5.00. The van der Waals surface area contributed by atoms with Gasteiger partial charge in [-0.15, -0.1) is 0 Å². The van der Waals surface area contributed by atoms with E-state index in [4.69, 9.17) is 4.74 Å². The van der Waals surface area contributed by atoms with E-state index in [0.717, 1.165) is 0 Å². The fourth-order valence-corrected chi connectivity index (χ4v) is 2.47. The molecule has 4 nitrogen and oxygen atoms in total. The minimum absolute atomic E-state index is 0.119. The van der Waals surface area contributed by atoms with Crippen LogP contribution in [0.2, 0.25) is 0 Å². The van der Waals surface area contributed by atoms with Crippen molar-refractivity contribution in [2.75, 3.05) is 7.11 Å². The van der Waals surface area contributed by atoms with Crippen molar-refractivity contribution < 1.29 is 13.5 Å². The summed E-state index contributed by atoms with van der Waals surface area (Å²) in [6, 6.07) is 17.6. The Labute approximate surface area is 137 Å². The fraction of sp³-hybridized carbons (Fsp3) is 0.111. The van der Waals surface area contributed by atoms with E-state index in [1.54, 1.807) is 55.6 Å².